The predicted octanol–water partition coefficient (Wildman–Crippen LogP) is 0.400. The number of aryl methyl sites for hydroxylation is 1. The van der Waals surface area contributed by atoms with Gasteiger partial charge in [0.15, 0.2) is 12.4 Å². The first-order valence-electron chi connectivity index (χ1n) is 7.30. The van der Waals surface area contributed by atoms with Crippen LogP contribution in [0.15, 0.2) is 6.20 Å². The first kappa shape index (κ1) is 16.7. The third kappa shape index (κ3) is 3.76. The molecule has 10 heteroatoms. The fourth-order valence-corrected chi connectivity index (χ4v) is 2.39. The van der Waals surface area contributed by atoms with Crippen molar-refractivity contribution in [3.8, 4) is 0 Å². The lowest BCUT2D eigenvalue weighted by atomic mass is 10.3. The summed E-state index contributed by atoms with van der Waals surface area (Å²) in [4.78, 5) is 41.3. The Bertz CT molecular complexity index is 606. The minimum atomic E-state index is -0.564. The summed E-state index contributed by atoms with van der Waals surface area (Å²) < 4.78 is 6.19. The Kier molecular flexibility index (Phi) is 5.14. The molecule has 1 aliphatic heterocycles. The molecule has 0 spiro atoms. The molecular formula is C13H19N5O5. The fourth-order valence-electron chi connectivity index (χ4n) is 2.39. The lowest BCUT2D eigenvalue weighted by molar-refractivity contribution is -0.392. The molecule has 2 rings (SSSR count). The topological polar surface area (TPSA) is 111 Å². The van der Waals surface area contributed by atoms with Crippen LogP contribution in [0.4, 0.5) is 10.6 Å². The summed E-state index contributed by atoms with van der Waals surface area (Å²) in [6, 6.07) is 0. The van der Waals surface area contributed by atoms with E-state index in [1.165, 1.54) is 9.47 Å². The first-order chi connectivity index (χ1) is 10.9. The Balaban J connectivity index is 1.95. The second-order valence-electron chi connectivity index (χ2n) is 5.07. The molecule has 0 atom stereocenters. The van der Waals surface area contributed by atoms with Crippen LogP contribution in [0.2, 0.25) is 0 Å². The SMILES string of the molecule is CCOC(=O)N1CCN(C(=O)Cn2c([N+](=O)[O-])cnc2C)CC1. The van der Waals surface area contributed by atoms with Crippen LogP contribution in [0, 0.1) is 17.0 Å². The van der Waals surface area contributed by atoms with Crippen molar-refractivity contribution < 1.29 is 19.2 Å². The second-order valence-corrected chi connectivity index (χ2v) is 5.07. The molecule has 0 saturated carbocycles. The largest absolute Gasteiger partial charge is 0.450 e. The lowest BCUT2D eigenvalue weighted by Gasteiger charge is -2.33. The molecule has 1 fully saturated rings. The number of imidazole rings is 1. The van der Waals surface area contributed by atoms with Gasteiger partial charge in [0.25, 0.3) is 5.91 Å². The average molecular weight is 325 g/mol. The Morgan fingerprint density at radius 2 is 1.91 bits per heavy atom. The van der Waals surface area contributed by atoms with E-state index in [9.17, 15) is 19.7 Å². The summed E-state index contributed by atoms with van der Waals surface area (Å²) in [5, 5.41) is 10.9. The van der Waals surface area contributed by atoms with Gasteiger partial charge >= 0.3 is 11.9 Å². The quantitative estimate of drug-likeness (QED) is 0.585. The summed E-state index contributed by atoms with van der Waals surface area (Å²) in [6.45, 7) is 5.03. The summed E-state index contributed by atoms with van der Waals surface area (Å²) >= 11 is 0. The van der Waals surface area contributed by atoms with Crippen molar-refractivity contribution in [2.24, 2.45) is 0 Å². The van der Waals surface area contributed by atoms with Crippen LogP contribution in [0.25, 0.3) is 0 Å². The first-order valence-corrected chi connectivity index (χ1v) is 7.30. The number of nitrogens with zero attached hydrogens (tertiary/aromatic N) is 5. The van der Waals surface area contributed by atoms with Gasteiger partial charge in [0.1, 0.15) is 6.20 Å². The van der Waals surface area contributed by atoms with E-state index in [0.717, 1.165) is 6.20 Å². The molecule has 0 N–H and O–H groups in total. The molecule has 2 amide bonds. The number of ether oxygens (including phenoxy) is 1. The average Bonchev–Trinajstić information content (AvgIpc) is 2.89. The van der Waals surface area contributed by atoms with Crippen molar-refractivity contribution in [3.05, 3.63) is 22.1 Å². The third-order valence-electron chi connectivity index (χ3n) is 3.67. The van der Waals surface area contributed by atoms with Crippen LogP contribution in [-0.2, 0) is 16.1 Å². The van der Waals surface area contributed by atoms with E-state index >= 15 is 0 Å². The van der Waals surface area contributed by atoms with E-state index in [1.807, 2.05) is 0 Å². The molecule has 0 bridgehead atoms. The molecule has 126 valence electrons. The zero-order valence-electron chi connectivity index (χ0n) is 13.1. The van der Waals surface area contributed by atoms with E-state index in [2.05, 4.69) is 4.98 Å². The Morgan fingerprint density at radius 3 is 2.48 bits per heavy atom. The van der Waals surface area contributed by atoms with E-state index in [1.54, 1.807) is 18.7 Å². The monoisotopic (exact) mass is 325 g/mol. The fraction of sp³-hybridized carbons (Fsp3) is 0.615. The van der Waals surface area contributed by atoms with E-state index in [-0.39, 0.29) is 24.4 Å². The van der Waals surface area contributed by atoms with E-state index < -0.39 is 4.92 Å². The third-order valence-corrected chi connectivity index (χ3v) is 3.67. The summed E-state index contributed by atoms with van der Waals surface area (Å²) in [7, 11) is 0. The minimum absolute atomic E-state index is 0.137. The number of hydrogen-bond donors (Lipinski definition) is 0. The normalized spacial score (nSPS) is 14.7. The number of carbonyl (C=O) groups excluding carboxylic acids is 2. The molecule has 1 aliphatic rings. The number of rotatable bonds is 4. The Hall–Kier alpha value is -2.65. The molecule has 23 heavy (non-hydrogen) atoms. The van der Waals surface area contributed by atoms with Crippen LogP contribution < -0.4 is 0 Å². The highest BCUT2D eigenvalue weighted by molar-refractivity contribution is 5.77. The van der Waals surface area contributed by atoms with Gasteiger partial charge in [-0.05, 0) is 11.8 Å². The van der Waals surface area contributed by atoms with Gasteiger partial charge in [-0.25, -0.2) is 14.3 Å². The van der Waals surface area contributed by atoms with Crippen molar-refractivity contribution >= 4 is 17.8 Å². The van der Waals surface area contributed by atoms with Crippen LogP contribution in [-0.4, -0.2) is 69.1 Å². The van der Waals surface area contributed by atoms with Gasteiger partial charge in [-0.15, -0.1) is 0 Å². The number of carbonyl (C=O) groups is 2. The van der Waals surface area contributed by atoms with E-state index in [0.29, 0.717) is 38.6 Å². The standard InChI is InChI=1S/C13H19N5O5/c1-3-23-13(20)16-6-4-15(5-7-16)12(19)9-17-10(2)14-8-11(17)18(21)22/h8H,3-7,9H2,1-2H3. The summed E-state index contributed by atoms with van der Waals surface area (Å²) in [6.07, 6.45) is 0.752. The number of aromatic nitrogens is 2. The van der Waals surface area contributed by atoms with Gasteiger partial charge in [0.2, 0.25) is 0 Å². The van der Waals surface area contributed by atoms with Crippen molar-refractivity contribution in [3.63, 3.8) is 0 Å². The predicted molar refractivity (Wildman–Crippen MR) is 78.8 cm³/mol. The minimum Gasteiger partial charge on any atom is -0.450 e. The van der Waals surface area contributed by atoms with Crippen molar-refractivity contribution in [1.82, 2.24) is 19.4 Å². The van der Waals surface area contributed by atoms with Gasteiger partial charge in [-0.2, -0.15) is 0 Å². The molecule has 1 aromatic heterocycles. The van der Waals surface area contributed by atoms with Crippen molar-refractivity contribution in [2.75, 3.05) is 32.8 Å². The molecule has 0 unspecified atom stereocenters. The van der Waals surface area contributed by atoms with Crippen LogP contribution in [0.3, 0.4) is 0 Å². The molecule has 0 aromatic carbocycles. The van der Waals surface area contributed by atoms with Gasteiger partial charge in [0, 0.05) is 33.1 Å². The maximum Gasteiger partial charge on any atom is 0.409 e. The van der Waals surface area contributed by atoms with Crippen molar-refractivity contribution in [1.29, 1.82) is 0 Å². The zero-order chi connectivity index (χ0) is 17.0. The molecule has 1 saturated heterocycles. The highest BCUT2D eigenvalue weighted by atomic mass is 16.6. The van der Waals surface area contributed by atoms with Gasteiger partial charge in [-0.1, -0.05) is 0 Å². The van der Waals surface area contributed by atoms with Gasteiger partial charge < -0.3 is 24.7 Å². The van der Waals surface area contributed by atoms with Crippen LogP contribution in [0.1, 0.15) is 12.7 Å². The number of piperazine rings is 1. The maximum atomic E-state index is 12.3. The highest BCUT2D eigenvalue weighted by Crippen LogP contribution is 2.14. The molecular weight excluding hydrogens is 306 g/mol. The Morgan fingerprint density at radius 1 is 1.30 bits per heavy atom. The molecule has 0 radical (unpaired) electrons. The number of amides is 2. The summed E-state index contributed by atoms with van der Waals surface area (Å²) in [5.41, 5.74) is 0. The summed E-state index contributed by atoms with van der Waals surface area (Å²) in [5.74, 6) is -0.0334. The molecule has 0 aliphatic carbocycles. The Labute approximate surface area is 132 Å². The van der Waals surface area contributed by atoms with Crippen molar-refractivity contribution in [2.45, 2.75) is 20.4 Å². The lowest BCUT2D eigenvalue weighted by Crippen LogP contribution is -2.51. The molecule has 10 nitrogen and oxygen atoms in total. The zero-order valence-corrected chi connectivity index (χ0v) is 13.1. The second kappa shape index (κ2) is 7.07. The van der Waals surface area contributed by atoms with Gasteiger partial charge in [-0.3, -0.25) is 4.79 Å². The van der Waals surface area contributed by atoms with Gasteiger partial charge in [0.05, 0.1) is 6.61 Å². The molecule has 1 aromatic rings. The number of hydrogen-bond acceptors (Lipinski definition) is 6. The van der Waals surface area contributed by atoms with E-state index in [4.69, 9.17) is 4.74 Å². The molecule has 2 heterocycles. The van der Waals surface area contributed by atoms with Crippen LogP contribution >= 0.6 is 0 Å². The highest BCUT2D eigenvalue weighted by Gasteiger charge is 2.28. The number of nitro groups is 1. The maximum absolute atomic E-state index is 12.3. The smallest absolute Gasteiger partial charge is 0.409 e. The van der Waals surface area contributed by atoms with Crippen LogP contribution in [0.5, 0.6) is 0 Å².